The topological polar surface area (TPSA) is 105 Å². The number of nitrogens with zero attached hydrogens (tertiary/aromatic N) is 1. The molecular weight excluding hydrogens is 515 g/mol. The van der Waals surface area contributed by atoms with Gasteiger partial charge in [-0.2, -0.15) is 0 Å². The molecule has 1 amide bonds. The highest BCUT2D eigenvalue weighted by atomic mass is 35.5. The summed E-state index contributed by atoms with van der Waals surface area (Å²) in [4.78, 5) is 15.1. The number of carbonyl (C=O) groups is 1. The summed E-state index contributed by atoms with van der Waals surface area (Å²) in [5.41, 5.74) is 6.66. The molecule has 1 saturated heterocycles. The minimum atomic E-state index is -1.43. The second-order valence-electron chi connectivity index (χ2n) is 10.1. The fraction of sp³-hybridized carbons (Fsp3) is 0.536. The van der Waals surface area contributed by atoms with Crippen molar-refractivity contribution < 1.29 is 24.5 Å². The highest BCUT2D eigenvalue weighted by molar-refractivity contribution is 6.34. The van der Waals surface area contributed by atoms with E-state index in [1.54, 1.807) is 24.1 Å². The fourth-order valence-electron chi connectivity index (χ4n) is 5.58. The van der Waals surface area contributed by atoms with E-state index < -0.39 is 23.9 Å². The molecule has 1 heterocycles. The highest BCUT2D eigenvalue weighted by Crippen LogP contribution is 2.43. The summed E-state index contributed by atoms with van der Waals surface area (Å²) in [5, 5.41) is 23.6. The fourth-order valence-corrected chi connectivity index (χ4v) is 6.05. The lowest BCUT2D eigenvalue weighted by Gasteiger charge is -2.44. The van der Waals surface area contributed by atoms with Crippen molar-refractivity contribution in [2.45, 2.75) is 56.0 Å². The first kappa shape index (κ1) is 28.3. The first-order valence-corrected chi connectivity index (χ1v) is 13.6. The lowest BCUT2D eigenvalue weighted by atomic mass is 9.79. The Morgan fingerprint density at radius 2 is 2.00 bits per heavy atom. The summed E-state index contributed by atoms with van der Waals surface area (Å²) in [6, 6.07) is 12.5. The third-order valence-corrected chi connectivity index (χ3v) is 8.14. The molecule has 0 radical (unpaired) electrons. The van der Waals surface area contributed by atoms with Gasteiger partial charge in [-0.25, -0.2) is 0 Å². The normalized spacial score (nSPS) is 25.7. The SMILES string of the molecule is COCCCC[C@](O)(c1cccc(Cl)c1-c1cccc(Cl)c1)[C@H]1CN(C(=O)[C@H]2C[C@@H](N)[C@@H](O)C2)CCO1. The van der Waals surface area contributed by atoms with Gasteiger partial charge in [0.1, 0.15) is 11.7 Å². The van der Waals surface area contributed by atoms with Crippen molar-refractivity contribution in [2.24, 2.45) is 11.7 Å². The second kappa shape index (κ2) is 12.4. The first-order chi connectivity index (χ1) is 17.7. The molecule has 202 valence electrons. The smallest absolute Gasteiger partial charge is 0.226 e. The molecule has 2 aromatic rings. The van der Waals surface area contributed by atoms with E-state index in [2.05, 4.69) is 0 Å². The monoisotopic (exact) mass is 550 g/mol. The van der Waals surface area contributed by atoms with Crippen molar-refractivity contribution in [3.63, 3.8) is 0 Å². The van der Waals surface area contributed by atoms with Crippen LogP contribution >= 0.6 is 23.2 Å². The molecule has 1 saturated carbocycles. The molecule has 1 aliphatic heterocycles. The number of aliphatic hydroxyl groups excluding tert-OH is 1. The predicted octanol–water partition coefficient (Wildman–Crippen LogP) is 3.99. The molecule has 2 aliphatic rings. The minimum Gasteiger partial charge on any atom is -0.391 e. The third-order valence-electron chi connectivity index (χ3n) is 7.59. The summed E-state index contributed by atoms with van der Waals surface area (Å²) >= 11 is 13.0. The number of aliphatic hydroxyl groups is 2. The van der Waals surface area contributed by atoms with Gasteiger partial charge in [0.25, 0.3) is 0 Å². The van der Waals surface area contributed by atoms with Crippen molar-refractivity contribution in [1.29, 1.82) is 0 Å². The Kier molecular flexibility index (Phi) is 9.51. The lowest BCUT2D eigenvalue weighted by molar-refractivity contribution is -0.167. The van der Waals surface area contributed by atoms with Gasteiger partial charge in [0, 0.05) is 47.8 Å². The summed E-state index contributed by atoms with van der Waals surface area (Å²) in [5.74, 6) is -0.380. The quantitative estimate of drug-likeness (QED) is 0.407. The van der Waals surface area contributed by atoms with Crippen LogP contribution in [0.1, 0.15) is 37.7 Å². The van der Waals surface area contributed by atoms with Crippen LogP contribution in [0.5, 0.6) is 0 Å². The Hall–Kier alpha value is -1.71. The molecule has 4 rings (SSSR count). The number of nitrogens with two attached hydrogens (primary N) is 1. The first-order valence-electron chi connectivity index (χ1n) is 12.8. The van der Waals surface area contributed by atoms with E-state index in [4.69, 9.17) is 38.4 Å². The van der Waals surface area contributed by atoms with Gasteiger partial charge in [0.05, 0.1) is 19.3 Å². The van der Waals surface area contributed by atoms with E-state index in [-0.39, 0.29) is 18.4 Å². The van der Waals surface area contributed by atoms with Crippen LogP contribution in [0.15, 0.2) is 42.5 Å². The van der Waals surface area contributed by atoms with Gasteiger partial charge < -0.3 is 30.3 Å². The van der Waals surface area contributed by atoms with Gasteiger partial charge >= 0.3 is 0 Å². The Balaban J connectivity index is 1.68. The number of hydrogen-bond acceptors (Lipinski definition) is 6. The Morgan fingerprint density at radius 3 is 2.70 bits per heavy atom. The minimum absolute atomic E-state index is 0.0526. The number of rotatable bonds is 9. The summed E-state index contributed by atoms with van der Waals surface area (Å²) in [6.45, 7) is 1.52. The number of morpholine rings is 1. The number of amides is 1. The zero-order chi connectivity index (χ0) is 26.6. The molecule has 0 bridgehead atoms. The van der Waals surface area contributed by atoms with E-state index in [9.17, 15) is 15.0 Å². The number of hydrogen-bond donors (Lipinski definition) is 3. The number of benzene rings is 2. The molecule has 7 nitrogen and oxygen atoms in total. The van der Waals surface area contributed by atoms with Gasteiger partial charge in [-0.05, 0) is 61.4 Å². The van der Waals surface area contributed by atoms with Gasteiger partial charge in [-0.15, -0.1) is 0 Å². The van der Waals surface area contributed by atoms with Crippen LogP contribution in [0, 0.1) is 5.92 Å². The van der Waals surface area contributed by atoms with Crippen LogP contribution in [0.25, 0.3) is 11.1 Å². The van der Waals surface area contributed by atoms with E-state index >= 15 is 0 Å². The Morgan fingerprint density at radius 1 is 1.22 bits per heavy atom. The average molecular weight is 552 g/mol. The molecule has 2 aromatic carbocycles. The standard InChI is InChI=1S/C28H36Cl2N2O5/c1-36-12-3-2-10-28(35,21-8-5-9-22(30)26(21)18-6-4-7-20(29)14-18)25-17-32(11-13-37-25)27(34)19-15-23(31)24(33)16-19/h4-9,14,19,23-25,33,35H,2-3,10-13,15-17,31H2,1H3/t19-,23+,24-,25+,28-/m0/s1. The van der Waals surface area contributed by atoms with Crippen molar-refractivity contribution in [3.8, 4) is 11.1 Å². The molecule has 37 heavy (non-hydrogen) atoms. The zero-order valence-corrected chi connectivity index (χ0v) is 22.6. The maximum absolute atomic E-state index is 13.3. The second-order valence-corrected chi connectivity index (χ2v) is 10.9. The maximum Gasteiger partial charge on any atom is 0.226 e. The highest BCUT2D eigenvalue weighted by Gasteiger charge is 2.45. The molecule has 2 fully saturated rings. The predicted molar refractivity (Wildman–Crippen MR) is 145 cm³/mol. The van der Waals surface area contributed by atoms with Crippen LogP contribution in [0.4, 0.5) is 0 Å². The molecule has 4 N–H and O–H groups in total. The largest absolute Gasteiger partial charge is 0.391 e. The van der Waals surface area contributed by atoms with Crippen LogP contribution in [0.2, 0.25) is 10.0 Å². The molecule has 0 spiro atoms. The van der Waals surface area contributed by atoms with Crippen molar-refractivity contribution in [1.82, 2.24) is 4.90 Å². The zero-order valence-electron chi connectivity index (χ0n) is 21.1. The van der Waals surface area contributed by atoms with E-state index in [0.717, 1.165) is 12.0 Å². The van der Waals surface area contributed by atoms with Crippen molar-refractivity contribution in [2.75, 3.05) is 33.4 Å². The van der Waals surface area contributed by atoms with Crippen LogP contribution in [-0.4, -0.2) is 72.7 Å². The molecule has 5 atom stereocenters. The van der Waals surface area contributed by atoms with Crippen LogP contribution in [0.3, 0.4) is 0 Å². The number of halogens is 2. The number of unbranched alkanes of at least 4 members (excludes halogenated alkanes) is 1. The van der Waals surface area contributed by atoms with Crippen LogP contribution < -0.4 is 5.73 Å². The van der Waals surface area contributed by atoms with E-state index in [0.29, 0.717) is 66.6 Å². The summed E-state index contributed by atoms with van der Waals surface area (Å²) in [7, 11) is 1.65. The van der Waals surface area contributed by atoms with Crippen molar-refractivity contribution in [3.05, 3.63) is 58.1 Å². The summed E-state index contributed by atoms with van der Waals surface area (Å²) < 4.78 is 11.4. The van der Waals surface area contributed by atoms with E-state index in [1.807, 2.05) is 30.3 Å². The molecule has 0 aromatic heterocycles. The van der Waals surface area contributed by atoms with E-state index in [1.165, 1.54) is 0 Å². The average Bonchev–Trinajstić information content (AvgIpc) is 3.23. The van der Waals surface area contributed by atoms with Gasteiger partial charge in [0.2, 0.25) is 5.91 Å². The summed E-state index contributed by atoms with van der Waals surface area (Å²) in [6.07, 6.45) is 1.30. The number of carbonyl (C=O) groups excluding carboxylic acids is 1. The van der Waals surface area contributed by atoms with Gasteiger partial charge in [-0.3, -0.25) is 4.79 Å². The van der Waals surface area contributed by atoms with Gasteiger partial charge in [0.15, 0.2) is 0 Å². The maximum atomic E-state index is 13.3. The van der Waals surface area contributed by atoms with Crippen LogP contribution in [-0.2, 0) is 19.9 Å². The third kappa shape index (κ3) is 6.31. The number of methoxy groups -OCH3 is 1. The number of ether oxygens (including phenoxy) is 2. The Bertz CT molecular complexity index is 1080. The molecule has 0 unspecified atom stereocenters. The van der Waals surface area contributed by atoms with Gasteiger partial charge in [-0.1, -0.05) is 47.5 Å². The van der Waals surface area contributed by atoms with Crippen molar-refractivity contribution >= 4 is 29.1 Å². The molecule has 9 heteroatoms. The molecule has 1 aliphatic carbocycles. The lowest BCUT2D eigenvalue weighted by Crippen LogP contribution is -2.55. The Labute approximate surface area is 228 Å². The molecular formula is C28H36Cl2N2O5.